The number of fused-ring (bicyclic) bond motifs is 1. The summed E-state index contributed by atoms with van der Waals surface area (Å²) in [5.74, 6) is 1.36. The zero-order chi connectivity index (χ0) is 17.1. The summed E-state index contributed by atoms with van der Waals surface area (Å²) < 4.78 is 5.80. The van der Waals surface area contributed by atoms with Gasteiger partial charge in [0.05, 0.1) is 10.7 Å². The minimum atomic E-state index is 0.481. The van der Waals surface area contributed by atoms with Crippen LogP contribution < -0.4 is 10.1 Å². The van der Waals surface area contributed by atoms with Gasteiger partial charge in [0.1, 0.15) is 18.0 Å². The molecule has 0 atom stereocenters. The van der Waals surface area contributed by atoms with Crippen LogP contribution in [0.1, 0.15) is 17.7 Å². The Labute approximate surface area is 150 Å². The van der Waals surface area contributed by atoms with Crippen molar-refractivity contribution in [1.82, 2.24) is 10.2 Å². The number of ether oxygens (including phenoxy) is 1. The van der Waals surface area contributed by atoms with E-state index in [4.69, 9.17) is 16.3 Å². The Morgan fingerprint density at radius 1 is 1.16 bits per heavy atom. The fraction of sp³-hybridized carbons (Fsp3) is 0.158. The van der Waals surface area contributed by atoms with Gasteiger partial charge in [-0.15, -0.1) is 0 Å². The lowest BCUT2D eigenvalue weighted by atomic mass is 10.2. The molecule has 0 fully saturated rings. The first-order chi connectivity index (χ1) is 12.3. The number of halogens is 1. The largest absolute Gasteiger partial charge is 0.487 e. The highest BCUT2D eigenvalue weighted by Gasteiger charge is 2.15. The molecule has 25 heavy (non-hydrogen) atoms. The van der Waals surface area contributed by atoms with Crippen LogP contribution in [0.25, 0.3) is 0 Å². The summed E-state index contributed by atoms with van der Waals surface area (Å²) in [5, 5.41) is 11.1. The molecule has 1 aromatic heterocycles. The Morgan fingerprint density at radius 2 is 2.04 bits per heavy atom. The number of hydrogen-bond acceptors (Lipinski definition) is 4. The summed E-state index contributed by atoms with van der Waals surface area (Å²) in [6.07, 6.45) is 3.78. The van der Waals surface area contributed by atoms with Crippen molar-refractivity contribution in [3.05, 3.63) is 64.8 Å². The first kappa shape index (κ1) is 15.7. The van der Waals surface area contributed by atoms with Gasteiger partial charge in [0.15, 0.2) is 5.82 Å². The van der Waals surface area contributed by atoms with Crippen molar-refractivity contribution >= 4 is 35.0 Å². The van der Waals surface area contributed by atoms with Crippen LogP contribution in [0.5, 0.6) is 5.75 Å². The van der Waals surface area contributed by atoms with Crippen molar-refractivity contribution in [2.45, 2.75) is 19.4 Å². The first-order valence-corrected chi connectivity index (χ1v) is 8.50. The van der Waals surface area contributed by atoms with Crippen LogP contribution in [-0.4, -0.2) is 16.4 Å². The molecular weight excluding hydrogens is 336 g/mol. The molecule has 6 heteroatoms. The lowest BCUT2D eigenvalue weighted by Crippen LogP contribution is -1.97. The maximum Gasteiger partial charge on any atom is 0.178 e. The lowest BCUT2D eigenvalue weighted by Gasteiger charge is -2.11. The fourth-order valence-electron chi connectivity index (χ4n) is 2.71. The molecule has 0 saturated carbocycles. The number of rotatable bonds is 5. The highest BCUT2D eigenvalue weighted by Crippen LogP contribution is 2.34. The second-order valence-corrected chi connectivity index (χ2v) is 6.20. The minimum Gasteiger partial charge on any atom is -0.487 e. The topological polar surface area (TPSA) is 62.3 Å². The molecule has 0 radical (unpaired) electrons. The van der Waals surface area contributed by atoms with E-state index in [9.17, 15) is 0 Å². The zero-order valence-corrected chi connectivity index (χ0v) is 14.3. The van der Waals surface area contributed by atoms with Crippen molar-refractivity contribution < 1.29 is 4.74 Å². The lowest BCUT2D eigenvalue weighted by molar-refractivity contribution is 0.306. The maximum absolute atomic E-state index is 6.36. The molecule has 3 aromatic rings. The van der Waals surface area contributed by atoms with E-state index >= 15 is 0 Å². The molecule has 0 unspecified atom stereocenters. The predicted molar refractivity (Wildman–Crippen MR) is 101 cm³/mol. The Hall–Kier alpha value is -2.79. The molecule has 0 aliphatic carbocycles. The van der Waals surface area contributed by atoms with E-state index < -0.39 is 0 Å². The van der Waals surface area contributed by atoms with E-state index in [0.29, 0.717) is 23.2 Å². The molecule has 0 bridgehead atoms. The number of aryl methyl sites for hydroxylation is 1. The number of nitrogens with one attached hydrogen (secondary N) is 2. The number of anilines is 2. The predicted octanol–water partition coefficient (Wildman–Crippen LogP) is 5.03. The van der Waals surface area contributed by atoms with Gasteiger partial charge in [0.25, 0.3) is 0 Å². The Bertz CT molecular complexity index is 905. The van der Waals surface area contributed by atoms with Gasteiger partial charge < -0.3 is 10.1 Å². The standard InChI is InChI=1S/C19H17ClN4O/c20-15-11-14(22-19-18-16(23-24-19)7-4-10-21-18)8-9-17(15)25-12-13-5-2-1-3-6-13/h1-3,5-6,8-11H,4,7,12H2,(H2,22,23,24). The van der Waals surface area contributed by atoms with E-state index in [1.165, 1.54) is 0 Å². The van der Waals surface area contributed by atoms with Crippen molar-refractivity contribution in [3.63, 3.8) is 0 Å². The number of hydrogen-bond donors (Lipinski definition) is 2. The van der Waals surface area contributed by atoms with Crippen LogP contribution in [0.2, 0.25) is 5.02 Å². The average Bonchev–Trinajstić information content (AvgIpc) is 3.05. The number of nitrogens with zero attached hydrogens (tertiary/aromatic N) is 2. The van der Waals surface area contributed by atoms with Crippen LogP contribution >= 0.6 is 11.6 Å². The van der Waals surface area contributed by atoms with Gasteiger partial charge in [-0.05, 0) is 36.6 Å². The van der Waals surface area contributed by atoms with Crippen molar-refractivity contribution in [3.8, 4) is 5.75 Å². The van der Waals surface area contributed by atoms with E-state index in [0.717, 1.165) is 35.5 Å². The molecule has 1 aliphatic rings. The number of aromatic nitrogens is 2. The summed E-state index contributed by atoms with van der Waals surface area (Å²) in [4.78, 5) is 4.41. The minimum absolute atomic E-state index is 0.481. The molecule has 126 valence electrons. The van der Waals surface area contributed by atoms with Crippen LogP contribution in [0.15, 0.2) is 53.5 Å². The Kier molecular flexibility index (Phi) is 4.39. The van der Waals surface area contributed by atoms with E-state index in [2.05, 4.69) is 20.5 Å². The Balaban J connectivity index is 1.47. The quantitative estimate of drug-likeness (QED) is 0.676. The smallest absolute Gasteiger partial charge is 0.178 e. The normalized spacial score (nSPS) is 12.7. The fourth-order valence-corrected chi connectivity index (χ4v) is 2.94. The van der Waals surface area contributed by atoms with Crippen LogP contribution in [-0.2, 0) is 13.0 Å². The van der Waals surface area contributed by atoms with Crippen molar-refractivity contribution in [2.75, 3.05) is 5.32 Å². The van der Waals surface area contributed by atoms with Crippen LogP contribution in [0.4, 0.5) is 17.2 Å². The maximum atomic E-state index is 6.36. The molecule has 2 heterocycles. The average molecular weight is 353 g/mol. The van der Waals surface area contributed by atoms with Gasteiger partial charge in [-0.2, -0.15) is 5.10 Å². The number of H-pyrrole nitrogens is 1. The molecule has 0 amide bonds. The zero-order valence-electron chi connectivity index (χ0n) is 13.5. The molecule has 1 aliphatic heterocycles. The summed E-state index contributed by atoms with van der Waals surface area (Å²) in [6, 6.07) is 15.6. The number of aliphatic imine (C=N–C) groups is 1. The molecule has 0 saturated heterocycles. The van der Waals surface area contributed by atoms with E-state index in [-0.39, 0.29) is 0 Å². The third-order valence-electron chi connectivity index (χ3n) is 3.99. The second-order valence-electron chi connectivity index (χ2n) is 5.79. The molecule has 5 nitrogen and oxygen atoms in total. The van der Waals surface area contributed by atoms with Gasteiger partial charge in [-0.1, -0.05) is 41.9 Å². The summed E-state index contributed by atoms with van der Waals surface area (Å²) in [7, 11) is 0. The monoisotopic (exact) mass is 352 g/mol. The highest BCUT2D eigenvalue weighted by molar-refractivity contribution is 6.32. The van der Waals surface area contributed by atoms with Gasteiger partial charge in [0, 0.05) is 11.9 Å². The summed E-state index contributed by atoms with van der Waals surface area (Å²) >= 11 is 6.36. The molecular formula is C19H17ClN4O. The molecule has 2 N–H and O–H groups in total. The van der Waals surface area contributed by atoms with Gasteiger partial charge >= 0.3 is 0 Å². The van der Waals surface area contributed by atoms with Crippen LogP contribution in [0.3, 0.4) is 0 Å². The summed E-state index contributed by atoms with van der Waals surface area (Å²) in [6.45, 7) is 0.481. The molecule has 2 aromatic carbocycles. The molecule has 0 spiro atoms. The second kappa shape index (κ2) is 6.99. The van der Waals surface area contributed by atoms with Crippen LogP contribution in [0, 0.1) is 0 Å². The summed E-state index contributed by atoms with van der Waals surface area (Å²) in [5.41, 5.74) is 3.86. The third-order valence-corrected chi connectivity index (χ3v) is 4.28. The van der Waals surface area contributed by atoms with Gasteiger partial charge in [-0.25, -0.2) is 0 Å². The third kappa shape index (κ3) is 3.51. The Morgan fingerprint density at radius 3 is 2.88 bits per heavy atom. The van der Waals surface area contributed by atoms with E-state index in [1.54, 1.807) is 0 Å². The van der Waals surface area contributed by atoms with Crippen molar-refractivity contribution in [1.29, 1.82) is 0 Å². The molecule has 4 rings (SSSR count). The van der Waals surface area contributed by atoms with Gasteiger partial charge in [0.2, 0.25) is 0 Å². The van der Waals surface area contributed by atoms with E-state index in [1.807, 2.05) is 54.7 Å². The van der Waals surface area contributed by atoms with Gasteiger partial charge in [-0.3, -0.25) is 10.1 Å². The number of aromatic amines is 1. The van der Waals surface area contributed by atoms with Crippen molar-refractivity contribution in [2.24, 2.45) is 4.99 Å². The highest BCUT2D eigenvalue weighted by atomic mass is 35.5. The SMILES string of the molecule is Clc1cc(Nc2n[nH]c3c2N=CCC3)ccc1OCc1ccccc1. The number of benzene rings is 2. The first-order valence-electron chi connectivity index (χ1n) is 8.12.